The molecule has 3 nitrogen and oxygen atoms in total. The monoisotopic (exact) mass is 269 g/mol. The lowest BCUT2D eigenvalue weighted by molar-refractivity contribution is 0.414. The van der Waals surface area contributed by atoms with Crippen LogP contribution >= 0.6 is 0 Å². The zero-order valence-corrected chi connectivity index (χ0v) is 12.3. The molecule has 2 atom stereocenters. The smallest absolute Gasteiger partial charge is 0.118 e. The Morgan fingerprint density at radius 1 is 1.33 bits per heavy atom. The van der Waals surface area contributed by atoms with E-state index in [4.69, 9.17) is 4.74 Å². The number of ether oxygens (including phenoxy) is 1. The second-order valence-corrected chi connectivity index (χ2v) is 5.90. The van der Waals surface area contributed by atoms with Gasteiger partial charge in [0.15, 0.2) is 0 Å². The number of rotatable bonds is 8. The van der Waals surface area contributed by atoms with Crippen LogP contribution < -0.4 is 10.1 Å². The number of hydrogen-bond acceptors (Lipinski definition) is 3. The van der Waals surface area contributed by atoms with Crippen molar-refractivity contribution in [2.75, 3.05) is 25.7 Å². The molecule has 0 bridgehead atoms. The van der Waals surface area contributed by atoms with Crippen molar-refractivity contribution in [1.29, 1.82) is 0 Å². The summed E-state index contributed by atoms with van der Waals surface area (Å²) in [7, 11) is 2.81. The largest absolute Gasteiger partial charge is 0.497 e. The first-order chi connectivity index (χ1) is 8.71. The summed E-state index contributed by atoms with van der Waals surface area (Å²) in [6.07, 6.45) is 2.13. The molecule has 0 fully saturated rings. The van der Waals surface area contributed by atoms with Crippen LogP contribution in [0.15, 0.2) is 24.3 Å². The van der Waals surface area contributed by atoms with Gasteiger partial charge in [0.1, 0.15) is 5.75 Å². The van der Waals surface area contributed by atoms with Crippen LogP contribution in [0.2, 0.25) is 0 Å². The van der Waals surface area contributed by atoms with Crippen LogP contribution in [0.5, 0.6) is 5.75 Å². The first-order valence-corrected chi connectivity index (χ1v) is 7.86. The summed E-state index contributed by atoms with van der Waals surface area (Å²) < 4.78 is 17.1. The van der Waals surface area contributed by atoms with Crippen molar-refractivity contribution in [1.82, 2.24) is 5.32 Å². The van der Waals surface area contributed by atoms with Gasteiger partial charge in [-0.3, -0.25) is 4.21 Å². The number of unbranched alkanes of at least 4 members (excludes halogenated alkanes) is 1. The maximum atomic E-state index is 11.9. The molecule has 0 aliphatic heterocycles. The van der Waals surface area contributed by atoms with Crippen LogP contribution in [0.25, 0.3) is 0 Å². The molecule has 2 unspecified atom stereocenters. The van der Waals surface area contributed by atoms with E-state index in [0.717, 1.165) is 29.9 Å². The van der Waals surface area contributed by atoms with E-state index in [1.54, 1.807) is 7.11 Å². The summed E-state index contributed by atoms with van der Waals surface area (Å²) in [4.78, 5) is 0. The minimum Gasteiger partial charge on any atom is -0.497 e. The van der Waals surface area contributed by atoms with Crippen LogP contribution in [0.3, 0.4) is 0 Å². The van der Waals surface area contributed by atoms with Crippen molar-refractivity contribution in [3.8, 4) is 5.75 Å². The minimum absolute atomic E-state index is 0.147. The van der Waals surface area contributed by atoms with E-state index in [-0.39, 0.29) is 6.04 Å². The van der Waals surface area contributed by atoms with Gasteiger partial charge in [0.25, 0.3) is 0 Å². The van der Waals surface area contributed by atoms with Crippen molar-refractivity contribution in [2.45, 2.75) is 25.8 Å². The second-order valence-electron chi connectivity index (χ2n) is 4.28. The van der Waals surface area contributed by atoms with Crippen molar-refractivity contribution >= 4 is 10.8 Å². The normalized spacial score (nSPS) is 14.2. The van der Waals surface area contributed by atoms with Crippen molar-refractivity contribution < 1.29 is 8.95 Å². The van der Waals surface area contributed by atoms with Gasteiger partial charge in [-0.25, -0.2) is 0 Å². The molecule has 0 heterocycles. The minimum atomic E-state index is -0.751. The molecular weight excluding hydrogens is 246 g/mol. The molecule has 0 spiro atoms. The van der Waals surface area contributed by atoms with Crippen LogP contribution in [-0.4, -0.2) is 29.9 Å². The van der Waals surface area contributed by atoms with Crippen LogP contribution in [0, 0.1) is 0 Å². The third-order valence-corrected chi connectivity index (χ3v) is 4.39. The second kappa shape index (κ2) is 8.27. The molecule has 1 N–H and O–H groups in total. The Balaban J connectivity index is 2.61. The SMILES string of the molecule is CCCCS(=O)CC(NC)c1ccc(OC)cc1. The Kier molecular flexibility index (Phi) is 6.98. The van der Waals surface area contributed by atoms with E-state index < -0.39 is 10.8 Å². The highest BCUT2D eigenvalue weighted by Crippen LogP contribution is 2.18. The van der Waals surface area contributed by atoms with E-state index in [1.165, 1.54) is 0 Å². The van der Waals surface area contributed by atoms with Gasteiger partial charge in [-0.2, -0.15) is 0 Å². The maximum Gasteiger partial charge on any atom is 0.118 e. The van der Waals surface area contributed by atoms with Gasteiger partial charge in [0.2, 0.25) is 0 Å². The van der Waals surface area contributed by atoms with E-state index in [9.17, 15) is 4.21 Å². The Labute approximate surface area is 112 Å². The van der Waals surface area contributed by atoms with Gasteiger partial charge in [-0.1, -0.05) is 25.5 Å². The molecule has 18 heavy (non-hydrogen) atoms. The molecule has 0 saturated carbocycles. The van der Waals surface area contributed by atoms with Gasteiger partial charge >= 0.3 is 0 Å². The van der Waals surface area contributed by atoms with E-state index in [0.29, 0.717) is 5.75 Å². The zero-order valence-electron chi connectivity index (χ0n) is 11.4. The highest BCUT2D eigenvalue weighted by molar-refractivity contribution is 7.85. The third kappa shape index (κ3) is 4.78. The molecular formula is C14H23NO2S. The first kappa shape index (κ1) is 15.2. The lowest BCUT2D eigenvalue weighted by atomic mass is 10.1. The number of nitrogens with one attached hydrogen (secondary N) is 1. The summed E-state index contributed by atoms with van der Waals surface area (Å²) in [5, 5.41) is 3.23. The Morgan fingerprint density at radius 3 is 2.50 bits per heavy atom. The lowest BCUT2D eigenvalue weighted by Gasteiger charge is -2.16. The predicted molar refractivity (Wildman–Crippen MR) is 77.6 cm³/mol. The highest BCUT2D eigenvalue weighted by atomic mass is 32.2. The molecule has 0 aliphatic rings. The molecule has 4 heteroatoms. The molecule has 102 valence electrons. The van der Waals surface area contributed by atoms with Crippen molar-refractivity contribution in [3.05, 3.63) is 29.8 Å². The van der Waals surface area contributed by atoms with Crippen LogP contribution in [-0.2, 0) is 10.8 Å². The van der Waals surface area contributed by atoms with Gasteiger partial charge in [-0.05, 0) is 31.2 Å². The van der Waals surface area contributed by atoms with E-state index >= 15 is 0 Å². The summed E-state index contributed by atoms with van der Waals surface area (Å²) in [5.41, 5.74) is 1.16. The molecule has 0 amide bonds. The average molecular weight is 269 g/mol. The van der Waals surface area contributed by atoms with Gasteiger partial charge in [0, 0.05) is 28.3 Å². The lowest BCUT2D eigenvalue weighted by Crippen LogP contribution is -2.23. The predicted octanol–water partition coefficient (Wildman–Crippen LogP) is 2.50. The Bertz CT molecular complexity index is 365. The summed E-state index contributed by atoms with van der Waals surface area (Å²) in [6, 6.07) is 8.07. The van der Waals surface area contributed by atoms with E-state index in [2.05, 4.69) is 12.2 Å². The summed E-state index contributed by atoms with van der Waals surface area (Å²) in [6.45, 7) is 2.12. The fourth-order valence-electron chi connectivity index (χ4n) is 1.76. The zero-order chi connectivity index (χ0) is 13.4. The van der Waals surface area contributed by atoms with Gasteiger partial charge in [-0.15, -0.1) is 0 Å². The molecule has 1 rings (SSSR count). The topological polar surface area (TPSA) is 38.3 Å². The Morgan fingerprint density at radius 2 is 2.00 bits per heavy atom. The molecule has 0 radical (unpaired) electrons. The van der Waals surface area contributed by atoms with E-state index in [1.807, 2.05) is 31.3 Å². The van der Waals surface area contributed by atoms with Crippen molar-refractivity contribution in [3.63, 3.8) is 0 Å². The fraction of sp³-hybridized carbons (Fsp3) is 0.571. The molecule has 0 aromatic heterocycles. The van der Waals surface area contributed by atoms with Gasteiger partial charge < -0.3 is 10.1 Å². The molecule has 1 aromatic rings. The number of methoxy groups -OCH3 is 1. The van der Waals surface area contributed by atoms with Crippen LogP contribution in [0.4, 0.5) is 0 Å². The summed E-state index contributed by atoms with van der Waals surface area (Å²) >= 11 is 0. The van der Waals surface area contributed by atoms with Crippen molar-refractivity contribution in [2.24, 2.45) is 0 Å². The third-order valence-electron chi connectivity index (χ3n) is 2.94. The standard InChI is InChI=1S/C14H23NO2S/c1-4-5-10-18(16)11-14(15-2)12-6-8-13(17-3)9-7-12/h6-9,14-15H,4-5,10-11H2,1-3H3. The number of benzene rings is 1. The number of hydrogen-bond donors (Lipinski definition) is 1. The average Bonchev–Trinajstić information content (AvgIpc) is 2.42. The highest BCUT2D eigenvalue weighted by Gasteiger charge is 2.12. The fourth-order valence-corrected chi connectivity index (χ4v) is 3.27. The quantitative estimate of drug-likeness (QED) is 0.788. The summed E-state index contributed by atoms with van der Waals surface area (Å²) in [5.74, 6) is 2.31. The maximum absolute atomic E-state index is 11.9. The molecule has 1 aromatic carbocycles. The van der Waals surface area contributed by atoms with Crippen LogP contribution in [0.1, 0.15) is 31.4 Å². The van der Waals surface area contributed by atoms with Gasteiger partial charge in [0.05, 0.1) is 7.11 Å². The first-order valence-electron chi connectivity index (χ1n) is 6.37. The molecule has 0 saturated heterocycles. The Hall–Kier alpha value is -0.870. The molecule has 0 aliphatic carbocycles.